The molecule has 3 aromatic heterocycles. The molecule has 3 heterocycles. The van der Waals surface area contributed by atoms with Gasteiger partial charge in [0.25, 0.3) is 0 Å². The van der Waals surface area contributed by atoms with E-state index >= 15 is 0 Å². The topological polar surface area (TPSA) is 52.7 Å². The summed E-state index contributed by atoms with van der Waals surface area (Å²) in [6.07, 6.45) is 3.63. The van der Waals surface area contributed by atoms with Gasteiger partial charge in [0.1, 0.15) is 11.3 Å². The Morgan fingerprint density at radius 1 is 1.16 bits per heavy atom. The normalized spacial score (nSPS) is 15.1. The minimum Gasteiger partial charge on any atom is -0.302 e. The Balaban J connectivity index is 1.81. The molecule has 0 saturated heterocycles. The van der Waals surface area contributed by atoms with Crippen molar-refractivity contribution in [2.24, 2.45) is 7.05 Å². The van der Waals surface area contributed by atoms with Gasteiger partial charge in [-0.3, -0.25) is 9.36 Å². The predicted octanol–water partition coefficient (Wildman–Crippen LogP) is 3.91. The number of pyridine rings is 1. The molecule has 0 radical (unpaired) electrons. The standard InChI is InChI=1S/C19H18N4OS/c1-11-6-8-14-18(20-11)23(17(21-14)12-4-3-5-12)13-7-9-15-16(10-13)25-19(24)22(15)2/h6-10,12H,3-5H2,1-2H3. The molecule has 1 fully saturated rings. The van der Waals surface area contributed by atoms with Gasteiger partial charge < -0.3 is 4.57 Å². The third-order valence-electron chi connectivity index (χ3n) is 5.17. The molecule has 4 aromatic rings. The summed E-state index contributed by atoms with van der Waals surface area (Å²) < 4.78 is 4.89. The fourth-order valence-electron chi connectivity index (χ4n) is 3.53. The predicted molar refractivity (Wildman–Crippen MR) is 101 cm³/mol. The maximum Gasteiger partial charge on any atom is 0.307 e. The van der Waals surface area contributed by atoms with E-state index in [0.717, 1.165) is 38.6 Å². The summed E-state index contributed by atoms with van der Waals surface area (Å²) in [6, 6.07) is 10.2. The third-order valence-corrected chi connectivity index (χ3v) is 6.17. The second-order valence-corrected chi connectivity index (χ2v) is 7.80. The lowest BCUT2D eigenvalue weighted by atomic mass is 9.85. The van der Waals surface area contributed by atoms with Crippen molar-refractivity contribution in [2.45, 2.75) is 32.1 Å². The van der Waals surface area contributed by atoms with Crippen LogP contribution in [0.5, 0.6) is 0 Å². The maximum atomic E-state index is 12.0. The number of aryl methyl sites for hydroxylation is 2. The fraction of sp³-hybridized carbons (Fsp3) is 0.316. The summed E-state index contributed by atoms with van der Waals surface area (Å²) >= 11 is 1.29. The van der Waals surface area contributed by atoms with Gasteiger partial charge in [0.2, 0.25) is 0 Å². The summed E-state index contributed by atoms with van der Waals surface area (Å²) in [5, 5.41) is 0. The molecule has 0 bridgehead atoms. The van der Waals surface area contributed by atoms with Crippen LogP contribution in [-0.2, 0) is 7.05 Å². The van der Waals surface area contributed by atoms with E-state index < -0.39 is 0 Å². The molecule has 6 heteroatoms. The molecular weight excluding hydrogens is 332 g/mol. The van der Waals surface area contributed by atoms with E-state index in [1.807, 2.05) is 26.1 Å². The number of rotatable bonds is 2. The van der Waals surface area contributed by atoms with Crippen LogP contribution in [0.3, 0.4) is 0 Å². The highest BCUT2D eigenvalue weighted by atomic mass is 32.1. The van der Waals surface area contributed by atoms with Crippen LogP contribution in [0.4, 0.5) is 0 Å². The number of hydrogen-bond donors (Lipinski definition) is 0. The molecule has 1 aromatic carbocycles. The monoisotopic (exact) mass is 350 g/mol. The number of thiazole rings is 1. The Morgan fingerprint density at radius 3 is 2.76 bits per heavy atom. The summed E-state index contributed by atoms with van der Waals surface area (Å²) in [4.78, 5) is 21.7. The van der Waals surface area contributed by atoms with Crippen LogP contribution in [0.2, 0.25) is 0 Å². The second-order valence-electron chi connectivity index (χ2n) is 6.81. The Kier molecular flexibility index (Phi) is 3.12. The van der Waals surface area contributed by atoms with Crippen molar-refractivity contribution in [1.29, 1.82) is 0 Å². The van der Waals surface area contributed by atoms with E-state index in [0.29, 0.717) is 5.92 Å². The molecule has 5 rings (SSSR count). The van der Waals surface area contributed by atoms with Crippen molar-refractivity contribution in [2.75, 3.05) is 0 Å². The van der Waals surface area contributed by atoms with Crippen LogP contribution in [0.25, 0.3) is 27.1 Å². The summed E-state index contributed by atoms with van der Waals surface area (Å²) in [5.74, 6) is 1.60. The van der Waals surface area contributed by atoms with Gasteiger partial charge in [-0.2, -0.15) is 0 Å². The van der Waals surface area contributed by atoms with E-state index in [1.54, 1.807) is 4.57 Å². The van der Waals surface area contributed by atoms with Crippen LogP contribution in [0, 0.1) is 6.92 Å². The van der Waals surface area contributed by atoms with Crippen molar-refractivity contribution >= 4 is 32.7 Å². The molecule has 126 valence electrons. The van der Waals surface area contributed by atoms with E-state index in [2.05, 4.69) is 22.8 Å². The lowest BCUT2D eigenvalue weighted by Crippen LogP contribution is -2.15. The SMILES string of the molecule is Cc1ccc2nc(C3CCC3)n(-c3ccc4c(c3)sc(=O)n4C)c2n1. The van der Waals surface area contributed by atoms with Crippen LogP contribution < -0.4 is 4.87 Å². The molecule has 25 heavy (non-hydrogen) atoms. The highest BCUT2D eigenvalue weighted by Gasteiger charge is 2.27. The molecule has 0 aliphatic heterocycles. The third kappa shape index (κ3) is 2.17. The van der Waals surface area contributed by atoms with Crippen molar-refractivity contribution in [3.63, 3.8) is 0 Å². The van der Waals surface area contributed by atoms with Gasteiger partial charge in [-0.1, -0.05) is 17.8 Å². The van der Waals surface area contributed by atoms with E-state index in [4.69, 9.17) is 9.97 Å². The van der Waals surface area contributed by atoms with Crippen molar-refractivity contribution in [1.82, 2.24) is 19.1 Å². The zero-order valence-electron chi connectivity index (χ0n) is 14.2. The molecule has 1 aliphatic carbocycles. The van der Waals surface area contributed by atoms with Gasteiger partial charge in [0.05, 0.1) is 15.9 Å². The molecule has 0 N–H and O–H groups in total. The van der Waals surface area contributed by atoms with Crippen molar-refractivity contribution in [3.05, 3.63) is 51.5 Å². The smallest absolute Gasteiger partial charge is 0.302 e. The summed E-state index contributed by atoms with van der Waals surface area (Å²) in [7, 11) is 1.82. The molecule has 0 amide bonds. The van der Waals surface area contributed by atoms with Gasteiger partial charge in [0.15, 0.2) is 5.65 Å². The number of nitrogens with zero attached hydrogens (tertiary/aromatic N) is 4. The fourth-order valence-corrected chi connectivity index (χ4v) is 4.44. The molecule has 5 nitrogen and oxygen atoms in total. The molecular formula is C19H18N4OS. The number of fused-ring (bicyclic) bond motifs is 2. The van der Waals surface area contributed by atoms with Crippen LogP contribution in [0.15, 0.2) is 35.1 Å². The Hall–Kier alpha value is -2.47. The molecule has 0 unspecified atom stereocenters. The Labute approximate surface area is 148 Å². The summed E-state index contributed by atoms with van der Waals surface area (Å²) in [5.41, 5.74) is 4.84. The minimum atomic E-state index is 0.0656. The van der Waals surface area contributed by atoms with Crippen LogP contribution >= 0.6 is 11.3 Å². The van der Waals surface area contributed by atoms with Gasteiger partial charge in [-0.15, -0.1) is 0 Å². The Morgan fingerprint density at radius 2 is 2.00 bits per heavy atom. The first kappa shape index (κ1) is 14.8. The number of aromatic nitrogens is 4. The average Bonchev–Trinajstić information content (AvgIpc) is 3.03. The van der Waals surface area contributed by atoms with E-state index in [-0.39, 0.29) is 4.87 Å². The van der Waals surface area contributed by atoms with Crippen molar-refractivity contribution in [3.8, 4) is 5.69 Å². The Bertz CT molecular complexity index is 1180. The first-order valence-corrected chi connectivity index (χ1v) is 9.39. The van der Waals surface area contributed by atoms with Gasteiger partial charge >= 0.3 is 4.87 Å². The van der Waals surface area contributed by atoms with E-state index in [9.17, 15) is 4.79 Å². The summed E-state index contributed by atoms with van der Waals surface area (Å²) in [6.45, 7) is 2.01. The first-order valence-electron chi connectivity index (χ1n) is 8.58. The molecule has 1 saturated carbocycles. The lowest BCUT2D eigenvalue weighted by molar-refractivity contribution is 0.399. The van der Waals surface area contributed by atoms with Gasteiger partial charge in [-0.25, -0.2) is 9.97 Å². The highest BCUT2D eigenvalue weighted by molar-refractivity contribution is 7.16. The number of hydrogen-bond acceptors (Lipinski definition) is 4. The maximum absolute atomic E-state index is 12.0. The number of imidazole rings is 1. The van der Waals surface area contributed by atoms with Crippen LogP contribution in [0.1, 0.15) is 36.7 Å². The zero-order chi connectivity index (χ0) is 17.1. The lowest BCUT2D eigenvalue weighted by Gasteiger charge is -2.25. The van der Waals surface area contributed by atoms with Crippen LogP contribution in [-0.4, -0.2) is 19.1 Å². The zero-order valence-corrected chi connectivity index (χ0v) is 15.0. The molecule has 0 atom stereocenters. The van der Waals surface area contributed by atoms with Gasteiger partial charge in [0, 0.05) is 18.7 Å². The largest absolute Gasteiger partial charge is 0.307 e. The second kappa shape index (κ2) is 5.26. The molecule has 0 spiro atoms. The first-order chi connectivity index (χ1) is 12.1. The highest BCUT2D eigenvalue weighted by Crippen LogP contribution is 2.38. The quantitative estimate of drug-likeness (QED) is 0.551. The number of benzene rings is 1. The van der Waals surface area contributed by atoms with Gasteiger partial charge in [-0.05, 0) is 50.1 Å². The van der Waals surface area contributed by atoms with Crippen molar-refractivity contribution < 1.29 is 0 Å². The molecule has 1 aliphatic rings. The minimum absolute atomic E-state index is 0.0656. The average molecular weight is 350 g/mol. The van der Waals surface area contributed by atoms with E-state index in [1.165, 1.54) is 30.6 Å².